The van der Waals surface area contributed by atoms with Crippen LogP contribution in [-0.2, 0) is 16.0 Å². The molecule has 34 heavy (non-hydrogen) atoms. The molecule has 0 saturated carbocycles. The lowest BCUT2D eigenvalue weighted by Crippen LogP contribution is -2.25. The van der Waals surface area contributed by atoms with Crippen molar-refractivity contribution >= 4 is 23.2 Å². The Kier molecular flexibility index (Phi) is 6.21. The molecule has 170 valence electrons. The molecule has 1 aliphatic heterocycles. The number of aryl methyl sites for hydroxylation is 1. The molecule has 2 amide bonds. The number of hydrogen-bond acceptors (Lipinski definition) is 4. The molecule has 3 aromatic carbocycles. The number of para-hydroxylation sites is 2. The molecule has 2 heterocycles. The summed E-state index contributed by atoms with van der Waals surface area (Å²) in [6.07, 6.45) is 1.95. The number of nitrogens with zero attached hydrogens (tertiary/aromatic N) is 2. The summed E-state index contributed by atoms with van der Waals surface area (Å²) in [7, 11) is 0. The highest BCUT2D eigenvalue weighted by molar-refractivity contribution is 6.02. The average Bonchev–Trinajstić information content (AvgIpc) is 3.51. The summed E-state index contributed by atoms with van der Waals surface area (Å²) >= 11 is 0. The fraction of sp³-hybridized carbons (Fsp3) is 0.179. The second-order valence-corrected chi connectivity index (χ2v) is 8.23. The first-order chi connectivity index (χ1) is 16.7. The minimum Gasteiger partial charge on any atom is -0.440 e. The largest absolute Gasteiger partial charge is 0.440 e. The molecule has 0 bridgehead atoms. The Morgan fingerprint density at radius 1 is 0.912 bits per heavy atom. The van der Waals surface area contributed by atoms with Gasteiger partial charge in [-0.15, -0.1) is 0 Å². The van der Waals surface area contributed by atoms with Crippen LogP contribution >= 0.6 is 0 Å². The first-order valence-electron chi connectivity index (χ1n) is 11.5. The van der Waals surface area contributed by atoms with E-state index in [4.69, 9.17) is 9.40 Å². The first-order valence-corrected chi connectivity index (χ1v) is 11.5. The van der Waals surface area contributed by atoms with Crippen LogP contribution in [0.15, 0.2) is 89.3 Å². The first kappa shape index (κ1) is 21.6. The van der Waals surface area contributed by atoms with E-state index in [9.17, 15) is 9.59 Å². The van der Waals surface area contributed by atoms with E-state index in [1.54, 1.807) is 4.90 Å². The smallest absolute Gasteiger partial charge is 0.227 e. The number of oxazole rings is 1. The standard InChI is InChI=1S/C28H25N3O3/c32-24(29-22-14-7-8-15-23(22)31-19-9-16-26(31)33)17-18-25-30-27(20-10-3-1-4-11-20)28(34-25)21-12-5-2-6-13-21/h1-8,10-15H,9,16-19H2,(H,29,32). The topological polar surface area (TPSA) is 75.4 Å². The van der Waals surface area contributed by atoms with E-state index in [0.717, 1.165) is 28.9 Å². The lowest BCUT2D eigenvalue weighted by atomic mass is 10.1. The molecule has 0 aliphatic carbocycles. The number of nitrogens with one attached hydrogen (secondary N) is 1. The van der Waals surface area contributed by atoms with Gasteiger partial charge in [0, 0.05) is 36.9 Å². The van der Waals surface area contributed by atoms with Gasteiger partial charge in [0.25, 0.3) is 0 Å². The van der Waals surface area contributed by atoms with Crippen LogP contribution < -0.4 is 10.2 Å². The van der Waals surface area contributed by atoms with Gasteiger partial charge in [-0.3, -0.25) is 9.59 Å². The summed E-state index contributed by atoms with van der Waals surface area (Å²) in [5.41, 5.74) is 4.05. The number of amides is 2. The van der Waals surface area contributed by atoms with E-state index in [2.05, 4.69) is 5.32 Å². The summed E-state index contributed by atoms with van der Waals surface area (Å²) in [5.74, 6) is 1.14. The van der Waals surface area contributed by atoms with Gasteiger partial charge in [-0.25, -0.2) is 4.98 Å². The molecule has 1 saturated heterocycles. The predicted molar refractivity (Wildman–Crippen MR) is 132 cm³/mol. The van der Waals surface area contributed by atoms with Crippen molar-refractivity contribution in [1.29, 1.82) is 0 Å². The van der Waals surface area contributed by atoms with Crippen molar-refractivity contribution in [3.05, 3.63) is 90.8 Å². The van der Waals surface area contributed by atoms with Gasteiger partial charge in [0.15, 0.2) is 11.7 Å². The molecule has 6 heteroatoms. The van der Waals surface area contributed by atoms with Gasteiger partial charge in [-0.1, -0.05) is 72.8 Å². The number of benzene rings is 3. The van der Waals surface area contributed by atoms with E-state index in [1.165, 1.54) is 0 Å². The van der Waals surface area contributed by atoms with Crippen molar-refractivity contribution in [3.63, 3.8) is 0 Å². The number of aromatic nitrogens is 1. The summed E-state index contributed by atoms with van der Waals surface area (Å²) < 4.78 is 6.13. The highest BCUT2D eigenvalue weighted by Gasteiger charge is 2.24. The van der Waals surface area contributed by atoms with Gasteiger partial charge in [0.1, 0.15) is 5.69 Å². The molecule has 0 atom stereocenters. The number of anilines is 2. The van der Waals surface area contributed by atoms with E-state index in [0.29, 0.717) is 36.7 Å². The summed E-state index contributed by atoms with van der Waals surface area (Å²) in [6, 6.07) is 27.2. The second kappa shape index (κ2) is 9.75. The highest BCUT2D eigenvalue weighted by Crippen LogP contribution is 2.33. The van der Waals surface area contributed by atoms with Gasteiger partial charge in [-0.05, 0) is 18.6 Å². The van der Waals surface area contributed by atoms with Crippen LogP contribution in [0, 0.1) is 0 Å². The van der Waals surface area contributed by atoms with Crippen LogP contribution in [0.1, 0.15) is 25.2 Å². The molecule has 4 aromatic rings. The average molecular weight is 452 g/mol. The van der Waals surface area contributed by atoms with Gasteiger partial charge in [0.05, 0.1) is 11.4 Å². The molecule has 1 aromatic heterocycles. The fourth-order valence-corrected chi connectivity index (χ4v) is 4.20. The van der Waals surface area contributed by atoms with Gasteiger partial charge >= 0.3 is 0 Å². The summed E-state index contributed by atoms with van der Waals surface area (Å²) in [6.45, 7) is 0.673. The van der Waals surface area contributed by atoms with E-state index < -0.39 is 0 Å². The molecule has 0 radical (unpaired) electrons. The van der Waals surface area contributed by atoms with E-state index >= 15 is 0 Å². The van der Waals surface area contributed by atoms with Gasteiger partial charge in [0.2, 0.25) is 11.8 Å². The molecule has 5 rings (SSSR count). The zero-order chi connectivity index (χ0) is 23.3. The SMILES string of the molecule is O=C(CCc1nc(-c2ccccc2)c(-c2ccccc2)o1)Nc1ccccc1N1CCCC1=O. The lowest BCUT2D eigenvalue weighted by Gasteiger charge is -2.19. The van der Waals surface area contributed by atoms with Crippen LogP contribution in [0.5, 0.6) is 0 Å². The Bertz CT molecular complexity index is 1240. The summed E-state index contributed by atoms with van der Waals surface area (Å²) in [5, 5.41) is 2.96. The van der Waals surface area contributed by atoms with Crippen molar-refractivity contribution in [3.8, 4) is 22.6 Å². The van der Waals surface area contributed by atoms with Crippen LogP contribution in [0.3, 0.4) is 0 Å². The molecule has 0 spiro atoms. The molecular weight excluding hydrogens is 426 g/mol. The predicted octanol–water partition coefficient (Wildman–Crippen LogP) is 5.71. The third-order valence-electron chi connectivity index (χ3n) is 5.86. The zero-order valence-electron chi connectivity index (χ0n) is 18.7. The van der Waals surface area contributed by atoms with Gasteiger partial charge in [-0.2, -0.15) is 0 Å². The normalized spacial score (nSPS) is 13.3. The van der Waals surface area contributed by atoms with Crippen LogP contribution in [0.25, 0.3) is 22.6 Å². The fourth-order valence-electron chi connectivity index (χ4n) is 4.20. The number of carbonyl (C=O) groups is 2. The number of hydrogen-bond donors (Lipinski definition) is 1. The van der Waals surface area contributed by atoms with E-state index in [1.807, 2.05) is 84.9 Å². The van der Waals surface area contributed by atoms with Crippen LogP contribution in [-0.4, -0.2) is 23.3 Å². The maximum Gasteiger partial charge on any atom is 0.227 e. The Hall–Kier alpha value is -4.19. The zero-order valence-corrected chi connectivity index (χ0v) is 18.7. The van der Waals surface area contributed by atoms with Crippen molar-refractivity contribution in [2.75, 3.05) is 16.8 Å². The molecule has 1 aliphatic rings. The third-order valence-corrected chi connectivity index (χ3v) is 5.86. The Morgan fingerprint density at radius 3 is 2.29 bits per heavy atom. The minimum absolute atomic E-state index is 0.0865. The van der Waals surface area contributed by atoms with Crippen molar-refractivity contribution in [2.45, 2.75) is 25.7 Å². The minimum atomic E-state index is -0.153. The summed E-state index contributed by atoms with van der Waals surface area (Å²) in [4.78, 5) is 31.4. The van der Waals surface area contributed by atoms with E-state index in [-0.39, 0.29) is 18.2 Å². The Labute approximate surface area is 198 Å². The Balaban J connectivity index is 1.33. The maximum absolute atomic E-state index is 12.8. The molecular formula is C28H25N3O3. The van der Waals surface area contributed by atoms with Crippen LogP contribution in [0.2, 0.25) is 0 Å². The number of rotatable bonds is 7. The third kappa shape index (κ3) is 4.62. The second-order valence-electron chi connectivity index (χ2n) is 8.23. The molecule has 1 N–H and O–H groups in total. The highest BCUT2D eigenvalue weighted by atomic mass is 16.4. The quantitative estimate of drug-likeness (QED) is 0.391. The van der Waals surface area contributed by atoms with Crippen LogP contribution in [0.4, 0.5) is 11.4 Å². The number of carbonyl (C=O) groups excluding carboxylic acids is 2. The Morgan fingerprint density at radius 2 is 1.59 bits per heavy atom. The molecule has 6 nitrogen and oxygen atoms in total. The molecule has 1 fully saturated rings. The maximum atomic E-state index is 12.8. The molecule has 0 unspecified atom stereocenters. The monoisotopic (exact) mass is 451 g/mol. The van der Waals surface area contributed by atoms with Gasteiger partial charge < -0.3 is 14.6 Å². The van der Waals surface area contributed by atoms with Crippen molar-refractivity contribution in [1.82, 2.24) is 4.98 Å². The van der Waals surface area contributed by atoms with Crippen molar-refractivity contribution < 1.29 is 14.0 Å². The van der Waals surface area contributed by atoms with Crippen molar-refractivity contribution in [2.24, 2.45) is 0 Å². The lowest BCUT2D eigenvalue weighted by molar-refractivity contribution is -0.117.